The third-order valence-corrected chi connectivity index (χ3v) is 3.50. The Morgan fingerprint density at radius 3 is 2.56 bits per heavy atom. The van der Waals surface area contributed by atoms with E-state index in [0.29, 0.717) is 6.04 Å². The standard InChI is InChI=1S/C14H30N2O2/c1-13(12-18-3)16(10-11-17-2)9-5-4-8-15-14-6-7-14/h13-15H,4-12H2,1-3H3. The van der Waals surface area contributed by atoms with Crippen LogP contribution in [-0.2, 0) is 9.47 Å². The Hall–Kier alpha value is -0.160. The number of hydrogen-bond donors (Lipinski definition) is 1. The number of hydrogen-bond acceptors (Lipinski definition) is 4. The summed E-state index contributed by atoms with van der Waals surface area (Å²) in [6.07, 6.45) is 5.27. The molecule has 0 saturated heterocycles. The van der Waals surface area contributed by atoms with E-state index in [0.717, 1.165) is 32.3 Å². The molecule has 1 saturated carbocycles. The summed E-state index contributed by atoms with van der Waals surface area (Å²) in [5.41, 5.74) is 0. The molecule has 1 atom stereocenters. The van der Waals surface area contributed by atoms with Crippen molar-refractivity contribution in [3.05, 3.63) is 0 Å². The zero-order chi connectivity index (χ0) is 13.2. The van der Waals surface area contributed by atoms with Crippen LogP contribution in [0.15, 0.2) is 0 Å². The van der Waals surface area contributed by atoms with Crippen molar-refractivity contribution in [2.75, 3.05) is 47.1 Å². The van der Waals surface area contributed by atoms with Crippen LogP contribution >= 0.6 is 0 Å². The highest BCUT2D eigenvalue weighted by molar-refractivity contribution is 4.80. The molecule has 0 spiro atoms. The van der Waals surface area contributed by atoms with Crippen molar-refractivity contribution in [2.45, 2.75) is 44.7 Å². The molecule has 4 nitrogen and oxygen atoms in total. The summed E-state index contributed by atoms with van der Waals surface area (Å²) in [5.74, 6) is 0. The molecule has 0 aromatic rings. The van der Waals surface area contributed by atoms with Crippen molar-refractivity contribution in [1.82, 2.24) is 10.2 Å². The Bertz CT molecular complexity index is 198. The fraction of sp³-hybridized carbons (Fsp3) is 1.00. The second kappa shape index (κ2) is 9.73. The second-order valence-electron chi connectivity index (χ2n) is 5.27. The van der Waals surface area contributed by atoms with E-state index in [1.165, 1.54) is 32.2 Å². The van der Waals surface area contributed by atoms with Crippen molar-refractivity contribution in [3.63, 3.8) is 0 Å². The van der Waals surface area contributed by atoms with Crippen molar-refractivity contribution in [3.8, 4) is 0 Å². The third kappa shape index (κ3) is 7.31. The Labute approximate surface area is 112 Å². The van der Waals surface area contributed by atoms with Gasteiger partial charge in [0.1, 0.15) is 0 Å². The average Bonchev–Trinajstić information content (AvgIpc) is 3.17. The molecule has 1 unspecified atom stereocenters. The SMILES string of the molecule is COCCN(CCCCNC1CC1)C(C)COC. The molecule has 0 aliphatic heterocycles. The summed E-state index contributed by atoms with van der Waals surface area (Å²) in [7, 11) is 3.53. The average molecular weight is 258 g/mol. The van der Waals surface area contributed by atoms with Crippen molar-refractivity contribution < 1.29 is 9.47 Å². The molecule has 0 bridgehead atoms. The van der Waals surface area contributed by atoms with Gasteiger partial charge in [0.15, 0.2) is 0 Å². The van der Waals surface area contributed by atoms with Crippen molar-refractivity contribution in [1.29, 1.82) is 0 Å². The molecule has 1 rings (SSSR count). The van der Waals surface area contributed by atoms with E-state index in [2.05, 4.69) is 17.1 Å². The molecular formula is C14H30N2O2. The lowest BCUT2D eigenvalue weighted by Gasteiger charge is -2.28. The Balaban J connectivity index is 2.08. The van der Waals surface area contributed by atoms with Crippen LogP contribution in [0.25, 0.3) is 0 Å². The van der Waals surface area contributed by atoms with Gasteiger partial charge in [0.2, 0.25) is 0 Å². The highest BCUT2D eigenvalue weighted by Gasteiger charge is 2.19. The number of ether oxygens (including phenoxy) is 2. The molecule has 108 valence electrons. The molecule has 0 aromatic carbocycles. The van der Waals surface area contributed by atoms with Crippen molar-refractivity contribution in [2.24, 2.45) is 0 Å². The van der Waals surface area contributed by atoms with E-state index in [-0.39, 0.29) is 0 Å². The number of unbranched alkanes of at least 4 members (excludes halogenated alkanes) is 1. The number of rotatable bonds is 12. The van der Waals surface area contributed by atoms with Gasteiger partial charge in [-0.1, -0.05) is 0 Å². The maximum Gasteiger partial charge on any atom is 0.0615 e. The van der Waals surface area contributed by atoms with Gasteiger partial charge >= 0.3 is 0 Å². The minimum Gasteiger partial charge on any atom is -0.383 e. The van der Waals surface area contributed by atoms with Gasteiger partial charge in [-0.3, -0.25) is 4.90 Å². The largest absolute Gasteiger partial charge is 0.383 e. The Kier molecular flexibility index (Phi) is 8.59. The lowest BCUT2D eigenvalue weighted by atomic mass is 10.2. The first-order chi connectivity index (χ1) is 8.77. The van der Waals surface area contributed by atoms with Crippen molar-refractivity contribution >= 4 is 0 Å². The van der Waals surface area contributed by atoms with E-state index < -0.39 is 0 Å². The Morgan fingerprint density at radius 1 is 1.17 bits per heavy atom. The monoisotopic (exact) mass is 258 g/mol. The molecule has 0 heterocycles. The minimum atomic E-state index is 0.474. The molecule has 1 aliphatic rings. The molecule has 18 heavy (non-hydrogen) atoms. The van der Waals surface area contributed by atoms with Crippen LogP contribution in [0.2, 0.25) is 0 Å². The van der Waals surface area contributed by atoms with Gasteiger partial charge in [0.25, 0.3) is 0 Å². The molecule has 1 fully saturated rings. The lowest BCUT2D eigenvalue weighted by Crippen LogP contribution is -2.39. The van der Waals surface area contributed by atoms with Crippen LogP contribution in [0.3, 0.4) is 0 Å². The fourth-order valence-corrected chi connectivity index (χ4v) is 2.14. The number of nitrogens with one attached hydrogen (secondary N) is 1. The summed E-state index contributed by atoms with van der Waals surface area (Å²) in [5, 5.41) is 3.56. The van der Waals surface area contributed by atoms with E-state index in [1.807, 2.05) is 0 Å². The van der Waals surface area contributed by atoms with Crippen LogP contribution in [0, 0.1) is 0 Å². The summed E-state index contributed by atoms with van der Waals surface area (Å²) >= 11 is 0. The summed E-state index contributed by atoms with van der Waals surface area (Å²) < 4.78 is 10.4. The maximum atomic E-state index is 5.24. The summed E-state index contributed by atoms with van der Waals surface area (Å²) in [6, 6.07) is 1.31. The van der Waals surface area contributed by atoms with E-state index in [1.54, 1.807) is 14.2 Å². The highest BCUT2D eigenvalue weighted by atomic mass is 16.5. The normalized spacial score (nSPS) is 17.3. The van der Waals surface area contributed by atoms with Gasteiger partial charge in [0.05, 0.1) is 13.2 Å². The maximum absolute atomic E-state index is 5.24. The first kappa shape index (κ1) is 15.9. The first-order valence-corrected chi connectivity index (χ1v) is 7.23. The Morgan fingerprint density at radius 2 is 1.94 bits per heavy atom. The molecule has 1 N–H and O–H groups in total. The summed E-state index contributed by atoms with van der Waals surface area (Å²) in [6.45, 7) is 7.12. The van der Waals surface area contributed by atoms with Gasteiger partial charge in [-0.25, -0.2) is 0 Å². The lowest BCUT2D eigenvalue weighted by molar-refractivity contribution is 0.0741. The molecular weight excluding hydrogens is 228 g/mol. The van der Waals surface area contributed by atoms with Gasteiger partial charge in [-0.05, 0) is 45.7 Å². The molecule has 1 aliphatic carbocycles. The van der Waals surface area contributed by atoms with Crippen LogP contribution in [0.1, 0.15) is 32.6 Å². The summed E-state index contributed by atoms with van der Waals surface area (Å²) in [4.78, 5) is 2.46. The quantitative estimate of drug-likeness (QED) is 0.538. The predicted molar refractivity (Wildman–Crippen MR) is 75.0 cm³/mol. The molecule has 0 aromatic heterocycles. The molecule has 4 heteroatoms. The second-order valence-corrected chi connectivity index (χ2v) is 5.27. The zero-order valence-corrected chi connectivity index (χ0v) is 12.3. The minimum absolute atomic E-state index is 0.474. The van der Waals surface area contributed by atoms with E-state index in [4.69, 9.17) is 9.47 Å². The topological polar surface area (TPSA) is 33.7 Å². The van der Waals surface area contributed by atoms with Crippen LogP contribution < -0.4 is 5.32 Å². The number of nitrogens with zero attached hydrogens (tertiary/aromatic N) is 1. The third-order valence-electron chi connectivity index (χ3n) is 3.50. The fourth-order valence-electron chi connectivity index (χ4n) is 2.14. The predicted octanol–water partition coefficient (Wildman–Crippen LogP) is 1.50. The molecule has 0 radical (unpaired) electrons. The highest BCUT2D eigenvalue weighted by Crippen LogP contribution is 2.18. The zero-order valence-electron chi connectivity index (χ0n) is 12.3. The van der Waals surface area contributed by atoms with Gasteiger partial charge in [0, 0.05) is 32.8 Å². The molecule has 0 amide bonds. The van der Waals surface area contributed by atoms with Gasteiger partial charge in [-0.2, -0.15) is 0 Å². The first-order valence-electron chi connectivity index (χ1n) is 7.23. The van der Waals surface area contributed by atoms with Crippen LogP contribution in [-0.4, -0.2) is 64.1 Å². The van der Waals surface area contributed by atoms with Crippen LogP contribution in [0.4, 0.5) is 0 Å². The van der Waals surface area contributed by atoms with E-state index in [9.17, 15) is 0 Å². The van der Waals surface area contributed by atoms with Gasteiger partial charge in [-0.15, -0.1) is 0 Å². The number of methoxy groups -OCH3 is 2. The van der Waals surface area contributed by atoms with Gasteiger partial charge < -0.3 is 14.8 Å². The smallest absolute Gasteiger partial charge is 0.0615 e. The van der Waals surface area contributed by atoms with E-state index >= 15 is 0 Å². The van der Waals surface area contributed by atoms with Crippen LogP contribution in [0.5, 0.6) is 0 Å².